The van der Waals surface area contributed by atoms with Crippen LogP contribution in [0, 0.1) is 0 Å². The van der Waals surface area contributed by atoms with Crippen molar-refractivity contribution >= 4 is 39.3 Å². The molecule has 0 atom stereocenters. The summed E-state index contributed by atoms with van der Waals surface area (Å²) >= 11 is 9.47. The van der Waals surface area contributed by atoms with E-state index in [1.165, 1.54) is 12.3 Å². The molecule has 0 saturated heterocycles. The molecule has 6 heteroatoms. The monoisotopic (exact) mass is 354 g/mol. The number of rotatable bonds is 4. The van der Waals surface area contributed by atoms with E-state index in [2.05, 4.69) is 20.9 Å². The lowest BCUT2D eigenvalue weighted by molar-refractivity contribution is 0.0696. The molecule has 0 saturated carbocycles. The molecule has 104 valence electrons. The third-order valence-electron chi connectivity index (χ3n) is 2.76. The summed E-state index contributed by atoms with van der Waals surface area (Å²) in [7, 11) is 1.86. The minimum absolute atomic E-state index is 0.0794. The summed E-state index contributed by atoms with van der Waals surface area (Å²) in [5.74, 6) is -0.485. The Kier molecular flexibility index (Phi) is 4.62. The van der Waals surface area contributed by atoms with E-state index in [0.29, 0.717) is 17.4 Å². The summed E-state index contributed by atoms with van der Waals surface area (Å²) in [6.45, 7) is 0.631. The van der Waals surface area contributed by atoms with E-state index in [4.69, 9.17) is 16.7 Å². The Morgan fingerprint density at radius 1 is 1.40 bits per heavy atom. The molecule has 0 aliphatic heterocycles. The van der Waals surface area contributed by atoms with Gasteiger partial charge in [-0.3, -0.25) is 0 Å². The minimum Gasteiger partial charge on any atom is -0.478 e. The van der Waals surface area contributed by atoms with Crippen molar-refractivity contribution in [2.45, 2.75) is 6.54 Å². The molecule has 1 aromatic carbocycles. The second-order valence-corrected chi connectivity index (χ2v) is 5.64. The summed E-state index contributed by atoms with van der Waals surface area (Å²) in [6, 6.07) is 9.34. The lowest BCUT2D eigenvalue weighted by atomic mass is 10.2. The van der Waals surface area contributed by atoms with Crippen LogP contribution in [-0.2, 0) is 6.54 Å². The Hall–Kier alpha value is -1.59. The number of pyridine rings is 1. The van der Waals surface area contributed by atoms with Gasteiger partial charge in [0.25, 0.3) is 0 Å². The predicted molar refractivity (Wildman–Crippen MR) is 82.5 cm³/mol. The molecule has 0 aliphatic rings. The number of aromatic carboxylic acids is 1. The first-order valence-electron chi connectivity index (χ1n) is 5.82. The molecular weight excluding hydrogens is 344 g/mol. The highest BCUT2D eigenvalue weighted by Gasteiger charge is 2.12. The highest BCUT2D eigenvalue weighted by Crippen LogP contribution is 2.24. The fraction of sp³-hybridized carbons (Fsp3) is 0.143. The fourth-order valence-electron chi connectivity index (χ4n) is 1.77. The smallest absolute Gasteiger partial charge is 0.337 e. The molecule has 1 aromatic heterocycles. The van der Waals surface area contributed by atoms with Gasteiger partial charge in [0.15, 0.2) is 0 Å². The Morgan fingerprint density at radius 2 is 2.05 bits per heavy atom. The van der Waals surface area contributed by atoms with E-state index in [1.54, 1.807) is 0 Å². The van der Waals surface area contributed by atoms with Crippen molar-refractivity contribution in [1.29, 1.82) is 0 Å². The van der Waals surface area contributed by atoms with Gasteiger partial charge in [-0.05, 0) is 23.8 Å². The van der Waals surface area contributed by atoms with E-state index in [0.717, 1.165) is 10.0 Å². The molecular formula is C14H12BrClN2O2. The predicted octanol–water partition coefficient (Wildman–Crippen LogP) is 3.83. The van der Waals surface area contributed by atoms with E-state index in [1.807, 2.05) is 36.2 Å². The minimum atomic E-state index is -1.04. The Labute approximate surface area is 130 Å². The van der Waals surface area contributed by atoms with Gasteiger partial charge in [0.1, 0.15) is 5.82 Å². The van der Waals surface area contributed by atoms with E-state index < -0.39 is 5.97 Å². The van der Waals surface area contributed by atoms with E-state index in [9.17, 15) is 4.79 Å². The van der Waals surface area contributed by atoms with Crippen LogP contribution in [0.15, 0.2) is 41.0 Å². The van der Waals surface area contributed by atoms with Gasteiger partial charge in [0.05, 0.1) is 10.6 Å². The highest BCUT2D eigenvalue weighted by atomic mass is 79.9. The molecule has 0 amide bonds. The molecule has 0 aliphatic carbocycles. The van der Waals surface area contributed by atoms with E-state index in [-0.39, 0.29) is 5.56 Å². The Morgan fingerprint density at radius 3 is 2.60 bits per heavy atom. The number of nitrogens with zero attached hydrogens (tertiary/aromatic N) is 2. The first kappa shape index (κ1) is 14.8. The maximum Gasteiger partial charge on any atom is 0.337 e. The molecule has 0 fully saturated rings. The van der Waals surface area contributed by atoms with E-state index >= 15 is 0 Å². The van der Waals surface area contributed by atoms with Gasteiger partial charge < -0.3 is 10.0 Å². The maximum absolute atomic E-state index is 10.8. The largest absolute Gasteiger partial charge is 0.478 e. The SMILES string of the molecule is CN(Cc1ccc(Br)cc1)c1ncc(C(=O)O)cc1Cl. The van der Waals surface area contributed by atoms with Crippen molar-refractivity contribution in [3.63, 3.8) is 0 Å². The van der Waals surface area contributed by atoms with Crippen LogP contribution < -0.4 is 4.90 Å². The summed E-state index contributed by atoms with van der Waals surface area (Å²) in [6.07, 6.45) is 1.31. The molecule has 0 unspecified atom stereocenters. The number of aromatic nitrogens is 1. The molecule has 2 aromatic rings. The van der Waals surface area contributed by atoms with Gasteiger partial charge in [0.2, 0.25) is 0 Å². The molecule has 0 bridgehead atoms. The van der Waals surface area contributed by atoms with Gasteiger partial charge in [-0.1, -0.05) is 39.7 Å². The summed E-state index contributed by atoms with van der Waals surface area (Å²) in [5, 5.41) is 9.21. The van der Waals surface area contributed by atoms with Crippen molar-refractivity contribution in [2.75, 3.05) is 11.9 Å². The molecule has 0 spiro atoms. The summed E-state index contributed by atoms with van der Waals surface area (Å²) < 4.78 is 1.02. The lowest BCUT2D eigenvalue weighted by Gasteiger charge is -2.19. The topological polar surface area (TPSA) is 53.4 Å². The third-order valence-corrected chi connectivity index (χ3v) is 3.57. The van der Waals surface area contributed by atoms with Crippen molar-refractivity contribution in [1.82, 2.24) is 4.98 Å². The van der Waals surface area contributed by atoms with Gasteiger partial charge in [-0.25, -0.2) is 9.78 Å². The number of hydrogen-bond acceptors (Lipinski definition) is 3. The standard InChI is InChI=1S/C14H12BrClN2O2/c1-18(8-9-2-4-11(15)5-3-9)13-12(16)6-10(7-17-13)14(19)20/h2-7H,8H2,1H3,(H,19,20). The van der Waals surface area contributed by atoms with Crippen LogP contribution in [0.2, 0.25) is 5.02 Å². The Bertz CT molecular complexity index is 632. The summed E-state index contributed by atoms with van der Waals surface area (Å²) in [5.41, 5.74) is 1.19. The number of carboxylic acid groups (broad SMARTS) is 1. The zero-order valence-corrected chi connectivity index (χ0v) is 13.0. The van der Waals surface area contributed by atoms with Gasteiger partial charge in [-0.15, -0.1) is 0 Å². The zero-order valence-electron chi connectivity index (χ0n) is 10.7. The van der Waals surface area contributed by atoms with Crippen LogP contribution in [0.5, 0.6) is 0 Å². The maximum atomic E-state index is 10.8. The van der Waals surface area contributed by atoms with Crippen LogP contribution in [0.25, 0.3) is 0 Å². The summed E-state index contributed by atoms with van der Waals surface area (Å²) in [4.78, 5) is 16.8. The average Bonchev–Trinajstić information content (AvgIpc) is 2.41. The number of anilines is 1. The molecule has 2 rings (SSSR count). The number of halogens is 2. The van der Waals surface area contributed by atoms with Gasteiger partial charge >= 0.3 is 5.97 Å². The quantitative estimate of drug-likeness (QED) is 0.905. The number of hydrogen-bond donors (Lipinski definition) is 1. The van der Waals surface area contributed by atoms with Gasteiger partial charge in [0, 0.05) is 24.3 Å². The first-order chi connectivity index (χ1) is 9.47. The van der Waals surface area contributed by atoms with Crippen molar-refractivity contribution in [3.8, 4) is 0 Å². The van der Waals surface area contributed by atoms with Crippen molar-refractivity contribution in [2.24, 2.45) is 0 Å². The van der Waals surface area contributed by atoms with Crippen molar-refractivity contribution in [3.05, 3.63) is 57.2 Å². The highest BCUT2D eigenvalue weighted by molar-refractivity contribution is 9.10. The second-order valence-electron chi connectivity index (χ2n) is 4.32. The first-order valence-corrected chi connectivity index (χ1v) is 6.99. The molecule has 1 N–H and O–H groups in total. The lowest BCUT2D eigenvalue weighted by Crippen LogP contribution is -2.18. The number of carboxylic acids is 1. The average molecular weight is 356 g/mol. The molecule has 20 heavy (non-hydrogen) atoms. The zero-order chi connectivity index (χ0) is 14.7. The molecule has 0 radical (unpaired) electrons. The number of carbonyl (C=O) groups is 1. The van der Waals surface area contributed by atoms with Crippen LogP contribution in [0.3, 0.4) is 0 Å². The second kappa shape index (κ2) is 6.24. The Balaban J connectivity index is 2.18. The normalized spacial score (nSPS) is 10.3. The van der Waals surface area contributed by atoms with Crippen LogP contribution in [0.1, 0.15) is 15.9 Å². The molecule has 4 nitrogen and oxygen atoms in total. The van der Waals surface area contributed by atoms with Crippen LogP contribution in [0.4, 0.5) is 5.82 Å². The fourth-order valence-corrected chi connectivity index (χ4v) is 2.34. The number of benzene rings is 1. The van der Waals surface area contributed by atoms with Crippen LogP contribution in [-0.4, -0.2) is 23.1 Å². The van der Waals surface area contributed by atoms with Crippen molar-refractivity contribution < 1.29 is 9.90 Å². The molecule has 1 heterocycles. The van der Waals surface area contributed by atoms with Crippen LogP contribution >= 0.6 is 27.5 Å². The third kappa shape index (κ3) is 3.49. The van der Waals surface area contributed by atoms with Gasteiger partial charge in [-0.2, -0.15) is 0 Å².